The van der Waals surface area contributed by atoms with Crippen LogP contribution in [0.5, 0.6) is 5.75 Å². The van der Waals surface area contributed by atoms with Gasteiger partial charge in [-0.3, -0.25) is 4.79 Å². The minimum atomic E-state index is 0.198. The Balaban J connectivity index is 2.04. The summed E-state index contributed by atoms with van der Waals surface area (Å²) >= 11 is 0. The van der Waals surface area contributed by atoms with Gasteiger partial charge in [0.15, 0.2) is 5.78 Å². The molecule has 1 aromatic carbocycles. The minimum absolute atomic E-state index is 0.198. The van der Waals surface area contributed by atoms with E-state index in [1.165, 1.54) is 5.57 Å². The molecule has 2 rings (SSSR count). The van der Waals surface area contributed by atoms with Crippen LogP contribution in [-0.2, 0) is 0 Å². The Labute approximate surface area is 89.6 Å². The van der Waals surface area contributed by atoms with Gasteiger partial charge in [-0.1, -0.05) is 11.6 Å². The number of hydrogen-bond donors (Lipinski definition) is 0. The van der Waals surface area contributed by atoms with E-state index in [1.54, 1.807) is 7.11 Å². The maximum atomic E-state index is 11.8. The molecular formula is C13H14O2. The standard InChI is InChI=1S/C13H14O2/c1-15-12-7-5-11(6-8-12)13(14)9-10-3-2-4-10/h3,5-8H,2,4,9H2,1H3. The smallest absolute Gasteiger partial charge is 0.166 e. The van der Waals surface area contributed by atoms with Crippen molar-refractivity contribution in [3.05, 3.63) is 41.5 Å². The van der Waals surface area contributed by atoms with Gasteiger partial charge in [-0.2, -0.15) is 0 Å². The van der Waals surface area contributed by atoms with Crippen molar-refractivity contribution in [1.82, 2.24) is 0 Å². The van der Waals surface area contributed by atoms with Gasteiger partial charge in [0.1, 0.15) is 5.75 Å². The Morgan fingerprint density at radius 1 is 1.33 bits per heavy atom. The number of Topliss-reactive ketones (excluding diaryl/α,β-unsaturated/α-hetero) is 1. The average molecular weight is 202 g/mol. The Morgan fingerprint density at radius 3 is 2.47 bits per heavy atom. The predicted molar refractivity (Wildman–Crippen MR) is 59.3 cm³/mol. The maximum absolute atomic E-state index is 11.8. The van der Waals surface area contributed by atoms with Crippen molar-refractivity contribution in [3.63, 3.8) is 0 Å². The van der Waals surface area contributed by atoms with Gasteiger partial charge < -0.3 is 4.74 Å². The van der Waals surface area contributed by atoms with E-state index in [0.29, 0.717) is 6.42 Å². The molecule has 1 aliphatic carbocycles. The quantitative estimate of drug-likeness (QED) is 0.554. The summed E-state index contributed by atoms with van der Waals surface area (Å²) in [6.07, 6.45) is 4.93. The summed E-state index contributed by atoms with van der Waals surface area (Å²) in [7, 11) is 1.62. The van der Waals surface area contributed by atoms with Crippen molar-refractivity contribution in [2.24, 2.45) is 0 Å². The number of methoxy groups -OCH3 is 1. The molecule has 0 N–H and O–H groups in total. The lowest BCUT2D eigenvalue weighted by atomic mass is 9.92. The first-order chi connectivity index (χ1) is 7.29. The number of allylic oxidation sites excluding steroid dienone is 2. The summed E-state index contributed by atoms with van der Waals surface area (Å²) in [6, 6.07) is 7.28. The van der Waals surface area contributed by atoms with E-state index in [9.17, 15) is 4.79 Å². The summed E-state index contributed by atoms with van der Waals surface area (Å²) in [6.45, 7) is 0. The van der Waals surface area contributed by atoms with Gasteiger partial charge in [0.2, 0.25) is 0 Å². The van der Waals surface area contributed by atoms with E-state index in [4.69, 9.17) is 4.74 Å². The van der Waals surface area contributed by atoms with Crippen LogP contribution in [-0.4, -0.2) is 12.9 Å². The van der Waals surface area contributed by atoms with Crippen LogP contribution in [0.4, 0.5) is 0 Å². The molecule has 1 aliphatic rings. The molecule has 2 heteroatoms. The lowest BCUT2D eigenvalue weighted by molar-refractivity contribution is 0.0991. The van der Waals surface area contributed by atoms with Gasteiger partial charge in [0.25, 0.3) is 0 Å². The summed E-state index contributed by atoms with van der Waals surface area (Å²) in [5.41, 5.74) is 2.04. The topological polar surface area (TPSA) is 26.3 Å². The fourth-order valence-electron chi connectivity index (χ4n) is 1.59. The maximum Gasteiger partial charge on any atom is 0.166 e. The lowest BCUT2D eigenvalue weighted by Crippen LogP contribution is -2.04. The Morgan fingerprint density at radius 2 is 2.00 bits per heavy atom. The first-order valence-corrected chi connectivity index (χ1v) is 5.15. The van der Waals surface area contributed by atoms with Crippen molar-refractivity contribution < 1.29 is 9.53 Å². The molecular weight excluding hydrogens is 188 g/mol. The zero-order valence-corrected chi connectivity index (χ0v) is 8.82. The summed E-state index contributed by atoms with van der Waals surface area (Å²) in [5.74, 6) is 0.984. The van der Waals surface area contributed by atoms with Crippen LogP contribution in [0, 0.1) is 0 Å². The van der Waals surface area contributed by atoms with Crippen LogP contribution < -0.4 is 4.74 Å². The number of carbonyl (C=O) groups is 1. The fourth-order valence-corrected chi connectivity index (χ4v) is 1.59. The second kappa shape index (κ2) is 4.30. The van der Waals surface area contributed by atoms with Crippen LogP contribution in [0.3, 0.4) is 0 Å². The number of carbonyl (C=O) groups excluding carboxylic acids is 1. The molecule has 0 unspecified atom stereocenters. The van der Waals surface area contributed by atoms with Crippen LogP contribution in [0.2, 0.25) is 0 Å². The van der Waals surface area contributed by atoms with E-state index >= 15 is 0 Å². The van der Waals surface area contributed by atoms with E-state index in [1.807, 2.05) is 24.3 Å². The molecule has 0 aromatic heterocycles. The van der Waals surface area contributed by atoms with Crippen LogP contribution in [0.25, 0.3) is 0 Å². The Bertz CT molecular complexity index is 388. The van der Waals surface area contributed by atoms with E-state index in [2.05, 4.69) is 6.08 Å². The van der Waals surface area contributed by atoms with Crippen molar-refractivity contribution in [1.29, 1.82) is 0 Å². The molecule has 0 saturated heterocycles. The van der Waals surface area contributed by atoms with E-state index < -0.39 is 0 Å². The number of benzene rings is 1. The first-order valence-electron chi connectivity index (χ1n) is 5.15. The molecule has 0 saturated carbocycles. The van der Waals surface area contributed by atoms with Crippen molar-refractivity contribution in [2.45, 2.75) is 19.3 Å². The number of rotatable bonds is 4. The van der Waals surface area contributed by atoms with Crippen LogP contribution in [0.15, 0.2) is 35.9 Å². The van der Waals surface area contributed by atoms with Crippen molar-refractivity contribution >= 4 is 5.78 Å². The molecule has 2 nitrogen and oxygen atoms in total. The normalized spacial score (nSPS) is 14.1. The van der Waals surface area contributed by atoms with Gasteiger partial charge in [-0.25, -0.2) is 0 Å². The zero-order chi connectivity index (χ0) is 10.7. The van der Waals surface area contributed by atoms with E-state index in [0.717, 1.165) is 24.2 Å². The third kappa shape index (κ3) is 2.27. The third-order valence-electron chi connectivity index (χ3n) is 2.70. The molecule has 0 heterocycles. The highest BCUT2D eigenvalue weighted by molar-refractivity contribution is 5.97. The molecule has 0 fully saturated rings. The molecule has 0 atom stereocenters. The van der Waals surface area contributed by atoms with Crippen LogP contribution >= 0.6 is 0 Å². The highest BCUT2D eigenvalue weighted by Crippen LogP contribution is 2.23. The summed E-state index contributed by atoms with van der Waals surface area (Å²) < 4.78 is 5.04. The van der Waals surface area contributed by atoms with Crippen molar-refractivity contribution in [3.8, 4) is 5.75 Å². The zero-order valence-electron chi connectivity index (χ0n) is 8.82. The molecule has 78 valence electrons. The van der Waals surface area contributed by atoms with E-state index in [-0.39, 0.29) is 5.78 Å². The molecule has 0 amide bonds. The highest BCUT2D eigenvalue weighted by Gasteiger charge is 2.12. The molecule has 0 bridgehead atoms. The Kier molecular flexibility index (Phi) is 2.86. The largest absolute Gasteiger partial charge is 0.497 e. The first kappa shape index (κ1) is 9.97. The van der Waals surface area contributed by atoms with Gasteiger partial charge >= 0.3 is 0 Å². The SMILES string of the molecule is COc1ccc(C(=O)CC2=CCC2)cc1. The van der Waals surface area contributed by atoms with Gasteiger partial charge in [-0.15, -0.1) is 0 Å². The fraction of sp³-hybridized carbons (Fsp3) is 0.308. The number of hydrogen-bond acceptors (Lipinski definition) is 2. The molecule has 15 heavy (non-hydrogen) atoms. The summed E-state index contributed by atoms with van der Waals surface area (Å²) in [4.78, 5) is 11.8. The second-order valence-electron chi connectivity index (χ2n) is 3.73. The monoisotopic (exact) mass is 202 g/mol. The highest BCUT2D eigenvalue weighted by atomic mass is 16.5. The van der Waals surface area contributed by atoms with Gasteiger partial charge in [0.05, 0.1) is 7.11 Å². The lowest BCUT2D eigenvalue weighted by Gasteiger charge is -2.13. The minimum Gasteiger partial charge on any atom is -0.497 e. The molecule has 0 radical (unpaired) electrons. The second-order valence-corrected chi connectivity index (χ2v) is 3.73. The van der Waals surface area contributed by atoms with Crippen LogP contribution in [0.1, 0.15) is 29.6 Å². The molecule has 0 aliphatic heterocycles. The average Bonchev–Trinajstić information content (AvgIpc) is 2.23. The number of ether oxygens (including phenoxy) is 1. The van der Waals surface area contributed by atoms with Gasteiger partial charge in [-0.05, 0) is 37.1 Å². The Hall–Kier alpha value is -1.57. The molecule has 1 aromatic rings. The molecule has 0 spiro atoms. The number of ketones is 1. The third-order valence-corrected chi connectivity index (χ3v) is 2.70. The predicted octanol–water partition coefficient (Wildman–Crippen LogP) is 2.99. The van der Waals surface area contributed by atoms with Crippen molar-refractivity contribution in [2.75, 3.05) is 7.11 Å². The van der Waals surface area contributed by atoms with Gasteiger partial charge in [0, 0.05) is 12.0 Å². The summed E-state index contributed by atoms with van der Waals surface area (Å²) in [5, 5.41) is 0.